The van der Waals surface area contributed by atoms with Crippen LogP contribution in [0.25, 0.3) is 11.1 Å². The van der Waals surface area contributed by atoms with Gasteiger partial charge in [-0.3, -0.25) is 0 Å². The Labute approximate surface area is 56.6 Å². The van der Waals surface area contributed by atoms with E-state index in [1.54, 1.807) is 13.0 Å². The summed E-state index contributed by atoms with van der Waals surface area (Å²) in [5.41, 5.74) is 1.56. The molecule has 0 aliphatic rings. The molecule has 0 aromatic carbocycles. The molecule has 0 radical (unpaired) electrons. The molecule has 3 heteroatoms. The van der Waals surface area contributed by atoms with Crippen LogP contribution in [0.5, 0.6) is 0 Å². The molecule has 0 fully saturated rings. The summed E-state index contributed by atoms with van der Waals surface area (Å²) in [7, 11) is 0. The third-order valence-corrected chi connectivity index (χ3v) is 1.52. The molecule has 10 heavy (non-hydrogen) atoms. The first kappa shape index (κ1) is 5.53. The van der Waals surface area contributed by atoms with Gasteiger partial charge in [0.25, 0.3) is 0 Å². The topological polar surface area (TPSA) is 28.9 Å². The molecule has 2 aromatic rings. The van der Waals surface area contributed by atoms with E-state index in [0.717, 1.165) is 5.52 Å². The summed E-state index contributed by atoms with van der Waals surface area (Å²) in [6.07, 6.45) is 1.46. The molecule has 2 aromatic heterocycles. The molecule has 1 N–H and O–H groups in total. The van der Waals surface area contributed by atoms with Crippen LogP contribution in [0.15, 0.2) is 16.7 Å². The third-order valence-electron chi connectivity index (χ3n) is 1.52. The number of nitrogens with one attached hydrogen (secondary N) is 1. The van der Waals surface area contributed by atoms with Crippen molar-refractivity contribution in [2.75, 3.05) is 0 Å². The van der Waals surface area contributed by atoms with Crippen LogP contribution in [0, 0.1) is 12.7 Å². The van der Waals surface area contributed by atoms with Crippen LogP contribution in [-0.4, -0.2) is 4.98 Å². The van der Waals surface area contributed by atoms with Crippen LogP contribution in [0.1, 0.15) is 5.69 Å². The molecule has 0 spiro atoms. The van der Waals surface area contributed by atoms with Crippen molar-refractivity contribution in [3.8, 4) is 0 Å². The van der Waals surface area contributed by atoms with Gasteiger partial charge in [0.05, 0.1) is 17.5 Å². The molecule has 2 heterocycles. The van der Waals surface area contributed by atoms with E-state index in [2.05, 4.69) is 4.98 Å². The molecule has 2 nitrogen and oxygen atoms in total. The molecule has 0 amide bonds. The number of hydrogen-bond acceptors (Lipinski definition) is 1. The van der Waals surface area contributed by atoms with E-state index in [4.69, 9.17) is 4.42 Å². The molecule has 0 saturated heterocycles. The molecule has 52 valence electrons. The lowest BCUT2D eigenvalue weighted by atomic mass is 10.4. The zero-order valence-corrected chi connectivity index (χ0v) is 5.44. The maximum Gasteiger partial charge on any atom is 0.187 e. The van der Waals surface area contributed by atoms with Gasteiger partial charge in [0, 0.05) is 6.07 Å². The predicted molar refractivity (Wildman–Crippen MR) is 35.3 cm³/mol. The van der Waals surface area contributed by atoms with Gasteiger partial charge in [-0.25, -0.2) is 4.39 Å². The normalized spacial score (nSPS) is 11.0. The van der Waals surface area contributed by atoms with E-state index in [0.29, 0.717) is 11.3 Å². The smallest absolute Gasteiger partial charge is 0.187 e. The predicted octanol–water partition coefficient (Wildman–Crippen LogP) is 2.21. The highest BCUT2D eigenvalue weighted by Gasteiger charge is 2.08. The first-order chi connectivity index (χ1) is 4.79. The number of halogens is 1. The van der Waals surface area contributed by atoms with Crippen molar-refractivity contribution in [1.82, 2.24) is 4.98 Å². The van der Waals surface area contributed by atoms with Gasteiger partial charge in [-0.15, -0.1) is 0 Å². The highest BCUT2D eigenvalue weighted by atomic mass is 19.1. The van der Waals surface area contributed by atoms with Crippen molar-refractivity contribution >= 4 is 11.1 Å². The van der Waals surface area contributed by atoms with Crippen LogP contribution in [0.4, 0.5) is 4.39 Å². The summed E-state index contributed by atoms with van der Waals surface area (Å²) in [5, 5.41) is 0. The number of rotatable bonds is 0. The number of furan rings is 1. The Kier molecular flexibility index (Phi) is 0.897. The third kappa shape index (κ3) is 0.518. The Morgan fingerprint density at radius 3 is 3.10 bits per heavy atom. The minimum Gasteiger partial charge on any atom is -0.460 e. The average molecular weight is 139 g/mol. The van der Waals surface area contributed by atoms with E-state index in [9.17, 15) is 4.39 Å². The van der Waals surface area contributed by atoms with Crippen molar-refractivity contribution in [2.24, 2.45) is 0 Å². The van der Waals surface area contributed by atoms with Crippen molar-refractivity contribution in [3.63, 3.8) is 0 Å². The molecular formula is C7H6FNO. The highest BCUT2D eigenvalue weighted by molar-refractivity contribution is 5.74. The largest absolute Gasteiger partial charge is 0.460 e. The van der Waals surface area contributed by atoms with Gasteiger partial charge in [-0.2, -0.15) is 0 Å². The average Bonchev–Trinajstić information content (AvgIpc) is 2.41. The zero-order chi connectivity index (χ0) is 7.14. The van der Waals surface area contributed by atoms with Gasteiger partial charge in [0.15, 0.2) is 11.4 Å². The van der Waals surface area contributed by atoms with Crippen molar-refractivity contribution < 1.29 is 8.81 Å². The first-order valence-corrected chi connectivity index (χ1v) is 3.00. The summed E-state index contributed by atoms with van der Waals surface area (Å²) in [6, 6.07) is 1.70. The fraction of sp³-hybridized carbons (Fsp3) is 0.143. The summed E-state index contributed by atoms with van der Waals surface area (Å²) in [5.74, 6) is -0.292. The van der Waals surface area contributed by atoms with E-state index in [1.165, 1.54) is 6.26 Å². The zero-order valence-electron chi connectivity index (χ0n) is 5.44. The van der Waals surface area contributed by atoms with Gasteiger partial charge in [-0.1, -0.05) is 0 Å². The minimum atomic E-state index is -0.292. The second kappa shape index (κ2) is 1.62. The van der Waals surface area contributed by atoms with Crippen molar-refractivity contribution in [2.45, 2.75) is 6.92 Å². The maximum atomic E-state index is 12.9. The van der Waals surface area contributed by atoms with E-state index >= 15 is 0 Å². The first-order valence-electron chi connectivity index (χ1n) is 3.00. The van der Waals surface area contributed by atoms with Crippen LogP contribution < -0.4 is 0 Å². The quantitative estimate of drug-likeness (QED) is 0.595. The number of H-pyrrole nitrogens is 1. The summed E-state index contributed by atoms with van der Waals surface area (Å²) >= 11 is 0. The van der Waals surface area contributed by atoms with Gasteiger partial charge >= 0.3 is 0 Å². The molecule has 0 unspecified atom stereocenters. The Balaban J connectivity index is 2.95. The lowest BCUT2D eigenvalue weighted by Crippen LogP contribution is -1.72. The van der Waals surface area contributed by atoms with Crippen LogP contribution in [0.3, 0.4) is 0 Å². The number of hydrogen-bond donors (Lipinski definition) is 1. The molecule has 0 bridgehead atoms. The van der Waals surface area contributed by atoms with Crippen molar-refractivity contribution in [1.29, 1.82) is 0 Å². The summed E-state index contributed by atoms with van der Waals surface area (Å²) in [6.45, 7) is 1.67. The summed E-state index contributed by atoms with van der Waals surface area (Å²) in [4.78, 5) is 2.84. The van der Waals surface area contributed by atoms with Crippen LogP contribution in [-0.2, 0) is 0 Å². The number of aromatic nitrogens is 1. The monoisotopic (exact) mass is 139 g/mol. The Morgan fingerprint density at radius 2 is 2.40 bits per heavy atom. The molecule has 0 aliphatic heterocycles. The standard InChI is InChI=1S/C7H6FNO/c1-4-6(8)7-5(9-4)2-3-10-7/h2-3,9H,1H3. The number of fused-ring (bicyclic) bond motifs is 1. The van der Waals surface area contributed by atoms with Gasteiger partial charge in [-0.05, 0) is 6.92 Å². The Hall–Kier alpha value is -1.25. The maximum absolute atomic E-state index is 12.9. The fourth-order valence-corrected chi connectivity index (χ4v) is 1.00. The summed E-state index contributed by atoms with van der Waals surface area (Å²) < 4.78 is 17.7. The molecular weight excluding hydrogens is 133 g/mol. The van der Waals surface area contributed by atoms with Crippen molar-refractivity contribution in [3.05, 3.63) is 23.8 Å². The molecule has 0 atom stereocenters. The second-order valence-electron chi connectivity index (χ2n) is 2.23. The molecule has 2 rings (SSSR count). The fourth-order valence-electron chi connectivity index (χ4n) is 1.00. The van der Waals surface area contributed by atoms with E-state index in [-0.39, 0.29) is 5.82 Å². The van der Waals surface area contributed by atoms with Gasteiger partial charge < -0.3 is 9.40 Å². The number of aromatic amines is 1. The Bertz CT molecular complexity index is 360. The minimum absolute atomic E-state index is 0.292. The second-order valence-corrected chi connectivity index (χ2v) is 2.23. The van der Waals surface area contributed by atoms with E-state index < -0.39 is 0 Å². The molecule has 0 aliphatic carbocycles. The van der Waals surface area contributed by atoms with Gasteiger partial charge in [0.2, 0.25) is 0 Å². The van der Waals surface area contributed by atoms with E-state index in [1.807, 2.05) is 0 Å². The Morgan fingerprint density at radius 1 is 1.60 bits per heavy atom. The van der Waals surface area contributed by atoms with Gasteiger partial charge in [0.1, 0.15) is 0 Å². The highest BCUT2D eigenvalue weighted by Crippen LogP contribution is 2.20. The van der Waals surface area contributed by atoms with Crippen LogP contribution in [0.2, 0.25) is 0 Å². The van der Waals surface area contributed by atoms with Crippen LogP contribution >= 0.6 is 0 Å². The number of aryl methyl sites for hydroxylation is 1. The lowest BCUT2D eigenvalue weighted by molar-refractivity contribution is 0.557. The molecule has 0 saturated carbocycles. The SMILES string of the molecule is Cc1[nH]c2ccoc2c1F. The lowest BCUT2D eigenvalue weighted by Gasteiger charge is -1.79.